The van der Waals surface area contributed by atoms with Gasteiger partial charge in [0.25, 0.3) is 5.91 Å². The number of hydrogen-bond acceptors (Lipinski definition) is 9. The molecule has 1 N–H and O–H groups in total. The highest BCUT2D eigenvalue weighted by Gasteiger charge is 2.47. The van der Waals surface area contributed by atoms with Gasteiger partial charge in [0.05, 0.1) is 22.8 Å². The van der Waals surface area contributed by atoms with E-state index in [0.29, 0.717) is 37.4 Å². The minimum Gasteiger partial charge on any atom is -0.483 e. The number of carbonyl (C=O) groups excluding carboxylic acids is 1. The molecule has 0 bridgehead atoms. The topological polar surface area (TPSA) is 108 Å². The van der Waals surface area contributed by atoms with Gasteiger partial charge in [0.15, 0.2) is 9.84 Å². The summed E-state index contributed by atoms with van der Waals surface area (Å²) in [5.41, 5.74) is 4.03. The molecule has 0 spiro atoms. The van der Waals surface area contributed by atoms with Crippen molar-refractivity contribution in [2.45, 2.75) is 52.7 Å². The van der Waals surface area contributed by atoms with E-state index in [0.717, 1.165) is 48.0 Å². The van der Waals surface area contributed by atoms with Gasteiger partial charge in [0, 0.05) is 51.2 Å². The number of rotatable bonds is 3. The molecule has 0 aliphatic carbocycles. The number of carbonyl (C=O) groups is 1. The summed E-state index contributed by atoms with van der Waals surface area (Å²) in [7, 11) is -3.01. The number of nitrogens with one attached hydrogen (secondary N) is 1. The molecule has 218 valence electrons. The van der Waals surface area contributed by atoms with Gasteiger partial charge in [-0.15, -0.1) is 0 Å². The molecule has 0 saturated carbocycles. The first-order valence-electron chi connectivity index (χ1n) is 14.3. The summed E-state index contributed by atoms with van der Waals surface area (Å²) in [6.07, 6.45) is 1.22. The highest BCUT2D eigenvalue weighted by molar-refractivity contribution is 7.91. The lowest BCUT2D eigenvalue weighted by Crippen LogP contribution is -2.55. The van der Waals surface area contributed by atoms with E-state index >= 15 is 0 Å². The second-order valence-electron chi connectivity index (χ2n) is 12.4. The van der Waals surface area contributed by atoms with Crippen molar-refractivity contribution < 1.29 is 17.9 Å². The van der Waals surface area contributed by atoms with E-state index in [4.69, 9.17) is 4.74 Å². The number of aryl methyl sites for hydroxylation is 1. The summed E-state index contributed by atoms with van der Waals surface area (Å²) in [5, 5.41) is 3.53. The molecule has 2 atom stereocenters. The molecule has 2 aromatic rings. The molecule has 0 radical (unpaired) electrons. The maximum Gasteiger partial charge on any atom is 0.298 e. The van der Waals surface area contributed by atoms with E-state index < -0.39 is 9.84 Å². The van der Waals surface area contributed by atoms with Crippen LogP contribution in [0, 0.1) is 24.2 Å². The monoisotopic (exact) mass is 578 g/mol. The number of amides is 1. The predicted molar refractivity (Wildman–Crippen MR) is 158 cm³/mol. The van der Waals surface area contributed by atoms with Crippen LogP contribution in [-0.4, -0.2) is 90.9 Å². The van der Waals surface area contributed by atoms with E-state index in [9.17, 15) is 13.2 Å². The molecule has 11 heteroatoms. The molecule has 10 nitrogen and oxygen atoms in total. The summed E-state index contributed by atoms with van der Waals surface area (Å²) in [5.74, 6) is 8.18. The minimum absolute atomic E-state index is 0.00490. The highest BCUT2D eigenvalue weighted by Crippen LogP contribution is 2.46. The molecule has 3 saturated heterocycles. The molecular weight excluding hydrogens is 540 g/mol. The quantitative estimate of drug-likeness (QED) is 0.550. The van der Waals surface area contributed by atoms with Crippen LogP contribution in [0.5, 0.6) is 5.75 Å². The fourth-order valence-electron chi connectivity index (χ4n) is 6.73. The van der Waals surface area contributed by atoms with Crippen molar-refractivity contribution in [3.05, 3.63) is 35.2 Å². The maximum atomic E-state index is 12.4. The Morgan fingerprint density at radius 3 is 2.59 bits per heavy atom. The third-order valence-electron chi connectivity index (χ3n) is 8.99. The number of ether oxygens (including phenoxy) is 1. The van der Waals surface area contributed by atoms with Crippen LogP contribution in [0.15, 0.2) is 18.5 Å². The second-order valence-corrected chi connectivity index (χ2v) is 14.7. The summed E-state index contributed by atoms with van der Waals surface area (Å²) in [6, 6.07) is 4.70. The van der Waals surface area contributed by atoms with Crippen molar-refractivity contribution in [3.8, 4) is 17.6 Å². The number of sulfone groups is 1. The molecule has 1 aromatic carbocycles. The molecular formula is C30H38N6O4S. The summed E-state index contributed by atoms with van der Waals surface area (Å²) in [6.45, 7) is 14.4. The SMILES string of the molecule is CC#CC(=O)N1CC(N2CC(c3cc(C)c4c(c3)Nc3ncnc(N5CCS(=O)(=O)CC5)c3[C@@H](C)O4)C2)C(C)(C)C1. The van der Waals surface area contributed by atoms with Crippen molar-refractivity contribution >= 4 is 33.1 Å². The Hall–Kier alpha value is -3.36. The lowest BCUT2D eigenvalue weighted by molar-refractivity contribution is -0.124. The standard InChI is InChI=1S/C30H38N6O4S/c1-6-7-25(37)36-16-24(30(4,5)17-36)35-14-22(15-35)21-12-19(2)27-23(13-21)33-28-26(20(3)40-27)29(32-18-31-28)34-8-10-41(38,39)11-9-34/h12-13,18,20,22,24H,8-11,14-17H2,1-5H3,(H,31,32,33)/t20-,24?/m1/s1. The first kappa shape index (κ1) is 27.8. The molecule has 3 fully saturated rings. The average Bonchev–Trinajstić information content (AvgIpc) is 3.11. The molecule has 5 heterocycles. The zero-order valence-electron chi connectivity index (χ0n) is 24.4. The largest absolute Gasteiger partial charge is 0.483 e. The van der Waals surface area contributed by atoms with Crippen LogP contribution in [0.2, 0.25) is 0 Å². The molecule has 41 heavy (non-hydrogen) atoms. The number of nitrogens with zero attached hydrogens (tertiary/aromatic N) is 5. The Morgan fingerprint density at radius 2 is 1.88 bits per heavy atom. The van der Waals surface area contributed by atoms with Gasteiger partial charge in [0.2, 0.25) is 0 Å². The van der Waals surface area contributed by atoms with Crippen molar-refractivity contribution in [1.82, 2.24) is 19.8 Å². The first-order chi connectivity index (χ1) is 19.5. The third kappa shape index (κ3) is 5.12. The van der Waals surface area contributed by atoms with Gasteiger partial charge in [-0.05, 0) is 49.3 Å². The molecule has 6 rings (SSSR count). The third-order valence-corrected chi connectivity index (χ3v) is 10.6. The Labute approximate surface area is 242 Å². The molecule has 1 amide bonds. The normalized spacial score (nSPS) is 25.0. The van der Waals surface area contributed by atoms with E-state index in [1.165, 1.54) is 11.9 Å². The predicted octanol–water partition coefficient (Wildman–Crippen LogP) is 2.88. The van der Waals surface area contributed by atoms with E-state index in [1.54, 1.807) is 6.92 Å². The Morgan fingerprint density at radius 1 is 1.15 bits per heavy atom. The average molecular weight is 579 g/mol. The van der Waals surface area contributed by atoms with Crippen molar-refractivity contribution in [1.29, 1.82) is 0 Å². The molecule has 4 aliphatic rings. The summed E-state index contributed by atoms with van der Waals surface area (Å²) in [4.78, 5) is 28.0. The van der Waals surface area contributed by atoms with Crippen LogP contribution in [0.3, 0.4) is 0 Å². The van der Waals surface area contributed by atoms with Gasteiger partial charge < -0.3 is 19.9 Å². The maximum absolute atomic E-state index is 12.4. The van der Waals surface area contributed by atoms with Crippen LogP contribution in [0.1, 0.15) is 56.4 Å². The Bertz CT molecular complexity index is 1540. The number of anilines is 3. The zero-order valence-corrected chi connectivity index (χ0v) is 25.2. The second kappa shape index (κ2) is 10.2. The molecule has 4 aliphatic heterocycles. The zero-order chi connectivity index (χ0) is 29.1. The summed E-state index contributed by atoms with van der Waals surface area (Å²) >= 11 is 0. The van der Waals surface area contributed by atoms with Crippen LogP contribution >= 0.6 is 0 Å². The molecule has 1 aromatic heterocycles. The first-order valence-corrected chi connectivity index (χ1v) is 16.1. The van der Waals surface area contributed by atoms with Crippen LogP contribution in [0.25, 0.3) is 0 Å². The van der Waals surface area contributed by atoms with Gasteiger partial charge in [-0.25, -0.2) is 18.4 Å². The van der Waals surface area contributed by atoms with Gasteiger partial charge in [-0.3, -0.25) is 9.69 Å². The van der Waals surface area contributed by atoms with E-state index in [-0.39, 0.29) is 28.9 Å². The summed E-state index contributed by atoms with van der Waals surface area (Å²) < 4.78 is 30.5. The number of fused-ring (bicyclic) bond motifs is 2. The van der Waals surface area contributed by atoms with E-state index in [1.807, 2.05) is 16.7 Å². The Kier molecular flexibility index (Phi) is 6.90. The van der Waals surface area contributed by atoms with Crippen LogP contribution in [-0.2, 0) is 14.6 Å². The van der Waals surface area contributed by atoms with Gasteiger partial charge in [0.1, 0.15) is 29.8 Å². The number of hydrogen-bond donors (Lipinski definition) is 1. The van der Waals surface area contributed by atoms with Crippen molar-refractivity contribution in [2.24, 2.45) is 5.41 Å². The lowest BCUT2D eigenvalue weighted by Gasteiger charge is -2.47. The Balaban J connectivity index is 1.21. The lowest BCUT2D eigenvalue weighted by atomic mass is 9.81. The minimum atomic E-state index is -3.01. The van der Waals surface area contributed by atoms with Crippen molar-refractivity contribution in [3.63, 3.8) is 0 Å². The van der Waals surface area contributed by atoms with Gasteiger partial charge >= 0.3 is 0 Å². The smallest absolute Gasteiger partial charge is 0.298 e. The van der Waals surface area contributed by atoms with E-state index in [2.05, 4.69) is 64.9 Å². The van der Waals surface area contributed by atoms with Crippen molar-refractivity contribution in [2.75, 3.05) is 61.0 Å². The van der Waals surface area contributed by atoms with Crippen LogP contribution in [0.4, 0.5) is 17.3 Å². The molecule has 1 unspecified atom stereocenters. The number of likely N-dealkylation sites (tertiary alicyclic amines) is 2. The highest BCUT2D eigenvalue weighted by atomic mass is 32.2. The van der Waals surface area contributed by atoms with Gasteiger partial charge in [-0.2, -0.15) is 0 Å². The van der Waals surface area contributed by atoms with Gasteiger partial charge in [-0.1, -0.05) is 25.8 Å². The fourth-order valence-corrected chi connectivity index (χ4v) is 7.93. The number of benzene rings is 1. The van der Waals surface area contributed by atoms with Crippen LogP contribution < -0.4 is 15.0 Å². The fraction of sp³-hybridized carbons (Fsp3) is 0.567. The number of aromatic nitrogens is 2.